The van der Waals surface area contributed by atoms with Gasteiger partial charge in [-0.2, -0.15) is 0 Å². The van der Waals surface area contributed by atoms with Crippen LogP contribution >= 0.6 is 0 Å². The van der Waals surface area contributed by atoms with Crippen molar-refractivity contribution in [3.63, 3.8) is 0 Å². The molecule has 3 aromatic heterocycles. The van der Waals surface area contributed by atoms with E-state index in [1.54, 1.807) is 0 Å². The number of hydrogen-bond acceptors (Lipinski definition) is 0. The number of aromatic nitrogens is 4. The van der Waals surface area contributed by atoms with Crippen molar-refractivity contribution in [2.45, 2.75) is 0 Å². The van der Waals surface area contributed by atoms with Gasteiger partial charge in [0.15, 0.2) is 0 Å². The molecule has 222 valence electrons. The molecular formula is C42H26N4Pt+2. The fourth-order valence-electron chi connectivity index (χ4n) is 6.38. The fraction of sp³-hybridized carbons (Fsp3) is 0. The first kappa shape index (κ1) is 28.9. The SMILES string of the molecule is [Pt+4].[c-]1c2cccc1c1ccccc1[n+]1[c-]n(cc1)c1ccccc1c1[c-]c(ccc1)c1ccccc1[n+]1[c-]n(cc1)c1ccccc21. The third-order valence-electron chi connectivity index (χ3n) is 8.57. The van der Waals surface area contributed by atoms with E-state index in [-0.39, 0.29) is 21.1 Å². The van der Waals surface area contributed by atoms with Crippen molar-refractivity contribution in [3.05, 3.63) is 183 Å². The molecule has 0 aliphatic carbocycles. The first-order valence-corrected chi connectivity index (χ1v) is 15.3. The predicted octanol–water partition coefficient (Wildman–Crippen LogP) is 8.29. The molecule has 0 unspecified atom stereocenters. The molecule has 3 heterocycles. The molecule has 0 fully saturated rings. The molecule has 8 bridgehead atoms. The normalized spacial score (nSPS) is 11.2. The van der Waals surface area contributed by atoms with E-state index in [1.807, 2.05) is 0 Å². The van der Waals surface area contributed by atoms with Crippen LogP contribution < -0.4 is 8.80 Å². The van der Waals surface area contributed by atoms with E-state index < -0.39 is 0 Å². The zero-order valence-electron chi connectivity index (χ0n) is 25.1. The second kappa shape index (κ2) is 12.0. The van der Waals surface area contributed by atoms with E-state index in [2.05, 4.69) is 201 Å². The molecule has 0 aliphatic heterocycles. The molecule has 0 N–H and O–H groups in total. The standard InChI is InChI=1S/C42H26N4.Pt/c1-5-19-39-35(15-1)31-11-9-12-32(27-31)36-16-2-6-20-40(36)45-25-26-46(30-45)42-22-8-4-18-38(42)34-14-10-13-33(28-34)37-17-3-7-21-41(37)44-24-23-43(39)29-44;/h1-26H;/q-2;+4. The summed E-state index contributed by atoms with van der Waals surface area (Å²) in [4.78, 5) is 0. The Morgan fingerprint density at radius 2 is 0.745 bits per heavy atom. The zero-order valence-corrected chi connectivity index (χ0v) is 27.4. The van der Waals surface area contributed by atoms with Gasteiger partial charge in [-0.25, -0.2) is 0 Å². The van der Waals surface area contributed by atoms with Gasteiger partial charge >= 0.3 is 21.1 Å². The number of benzene rings is 6. The van der Waals surface area contributed by atoms with Gasteiger partial charge in [0.1, 0.15) is 0 Å². The van der Waals surface area contributed by atoms with Gasteiger partial charge in [0.2, 0.25) is 0 Å². The molecular weight excluding hydrogens is 756 g/mol. The predicted molar refractivity (Wildman–Crippen MR) is 184 cm³/mol. The number of rotatable bonds is 0. The summed E-state index contributed by atoms with van der Waals surface area (Å²) in [7, 11) is 0. The van der Waals surface area contributed by atoms with Crippen molar-refractivity contribution in [1.82, 2.24) is 8.80 Å². The maximum atomic E-state index is 3.74. The van der Waals surface area contributed by atoms with E-state index in [9.17, 15) is 0 Å². The average Bonchev–Trinajstić information content (AvgIpc) is 3.83. The molecule has 6 aromatic carbocycles. The number of nitrogens with zero attached hydrogens (tertiary/aromatic N) is 4. The Morgan fingerprint density at radius 1 is 0.383 bits per heavy atom. The topological polar surface area (TPSA) is 17.0 Å². The van der Waals surface area contributed by atoms with Crippen LogP contribution in [-0.4, -0.2) is 8.80 Å². The van der Waals surface area contributed by atoms with Gasteiger partial charge in [0.05, 0.1) is 0 Å². The first-order chi connectivity index (χ1) is 22.8. The largest absolute Gasteiger partial charge is 4.00 e. The summed E-state index contributed by atoms with van der Waals surface area (Å²) in [6.07, 6.45) is 15.4. The van der Waals surface area contributed by atoms with Crippen LogP contribution in [0.3, 0.4) is 0 Å². The molecule has 0 radical (unpaired) electrons. The van der Waals surface area contributed by atoms with Gasteiger partial charge < -0.3 is 17.6 Å². The zero-order chi connectivity index (χ0) is 30.5. The molecule has 0 aliphatic rings. The minimum Gasteiger partial charge on any atom is -0.305 e. The van der Waals surface area contributed by atoms with Crippen LogP contribution in [0.1, 0.15) is 0 Å². The minimum atomic E-state index is 0. The van der Waals surface area contributed by atoms with E-state index in [4.69, 9.17) is 0 Å². The van der Waals surface area contributed by atoms with Crippen molar-refractivity contribution < 1.29 is 29.9 Å². The Balaban J connectivity index is 0.00000324. The molecule has 4 nitrogen and oxygen atoms in total. The van der Waals surface area contributed by atoms with Gasteiger partial charge in [-0.1, -0.05) is 119 Å². The molecule has 0 saturated carbocycles. The molecule has 47 heavy (non-hydrogen) atoms. The summed E-state index contributed by atoms with van der Waals surface area (Å²) in [5.41, 5.74) is 4.11. The van der Waals surface area contributed by atoms with Crippen LogP contribution in [0.4, 0.5) is 0 Å². The van der Waals surface area contributed by atoms with Crippen LogP contribution in [0.5, 0.6) is 0 Å². The van der Waals surface area contributed by atoms with Crippen LogP contribution in [-0.2, 0) is 21.1 Å². The monoisotopic (exact) mass is 781 g/mol. The summed E-state index contributed by atoms with van der Waals surface area (Å²) < 4.78 is 8.23. The van der Waals surface area contributed by atoms with E-state index in [1.165, 1.54) is 0 Å². The second-order valence-electron chi connectivity index (χ2n) is 11.3. The summed E-state index contributed by atoms with van der Waals surface area (Å²) in [5, 5.41) is 8.35. The van der Waals surface area contributed by atoms with Gasteiger partial charge in [-0.15, -0.1) is 70.1 Å². The molecule has 0 spiro atoms. The van der Waals surface area contributed by atoms with E-state index in [0.29, 0.717) is 0 Å². The number of imidazole rings is 2. The maximum Gasteiger partial charge on any atom is 4.00 e. The quantitative estimate of drug-likeness (QED) is 0.109. The van der Waals surface area contributed by atoms with E-state index >= 15 is 0 Å². The number of para-hydroxylation sites is 4. The Morgan fingerprint density at radius 3 is 1.19 bits per heavy atom. The molecule has 9 rings (SSSR count). The number of hydrogen-bond donors (Lipinski definition) is 0. The summed E-state index contributed by atoms with van der Waals surface area (Å²) >= 11 is 0. The summed E-state index contributed by atoms with van der Waals surface area (Å²) in [5.74, 6) is 0. The molecule has 0 saturated heterocycles. The van der Waals surface area contributed by atoms with Gasteiger partial charge in [0, 0.05) is 46.9 Å². The van der Waals surface area contributed by atoms with Crippen LogP contribution in [0.15, 0.2) is 158 Å². The Bertz CT molecular complexity index is 2450. The van der Waals surface area contributed by atoms with E-state index in [0.717, 1.165) is 65.2 Å². The third-order valence-corrected chi connectivity index (χ3v) is 8.57. The Kier molecular flexibility index (Phi) is 7.36. The molecule has 9 aromatic rings. The Labute approximate surface area is 285 Å². The third kappa shape index (κ3) is 5.08. The first-order valence-electron chi connectivity index (χ1n) is 15.3. The molecule has 0 atom stereocenters. The van der Waals surface area contributed by atoms with Crippen molar-refractivity contribution in [1.29, 1.82) is 0 Å². The van der Waals surface area contributed by atoms with Crippen molar-refractivity contribution in [2.24, 2.45) is 0 Å². The van der Waals surface area contributed by atoms with Crippen LogP contribution in [0.25, 0.3) is 65.2 Å². The van der Waals surface area contributed by atoms with Gasteiger partial charge in [0.25, 0.3) is 12.7 Å². The second-order valence-corrected chi connectivity index (χ2v) is 11.3. The van der Waals surface area contributed by atoms with Crippen LogP contribution in [0.2, 0.25) is 0 Å². The fourth-order valence-corrected chi connectivity index (χ4v) is 6.38. The Hall–Kier alpha value is -5.57. The van der Waals surface area contributed by atoms with Crippen molar-refractivity contribution in [3.8, 4) is 0 Å². The van der Waals surface area contributed by atoms with Crippen molar-refractivity contribution in [2.75, 3.05) is 0 Å². The molecule has 5 heteroatoms. The average molecular weight is 782 g/mol. The summed E-state index contributed by atoms with van der Waals surface area (Å²) in [6.45, 7) is 0. The van der Waals surface area contributed by atoms with Gasteiger partial charge in [-0.05, 0) is 0 Å². The van der Waals surface area contributed by atoms with Gasteiger partial charge in [-0.3, -0.25) is 0 Å². The molecule has 0 amide bonds. The minimum absolute atomic E-state index is 0. The number of fused-ring (bicyclic) bond motifs is 20. The smallest absolute Gasteiger partial charge is 0.305 e. The summed E-state index contributed by atoms with van der Waals surface area (Å²) in [6, 6.07) is 53.9. The van der Waals surface area contributed by atoms with Crippen LogP contribution in [0, 0.1) is 24.8 Å². The maximum absolute atomic E-state index is 3.74. The van der Waals surface area contributed by atoms with Crippen molar-refractivity contribution >= 4 is 65.2 Å².